The molecule has 4 fully saturated rings. The largest absolute Gasteiger partial charge is 0.463 e. The Morgan fingerprint density at radius 1 is 1.12 bits per heavy atom. The van der Waals surface area contributed by atoms with Crippen LogP contribution in [-0.2, 0) is 9.53 Å². The lowest BCUT2D eigenvalue weighted by Crippen LogP contribution is -2.61. The molecule has 0 aliphatic heterocycles. The van der Waals surface area contributed by atoms with Gasteiger partial charge in [-0.15, -0.1) is 0 Å². The van der Waals surface area contributed by atoms with Crippen LogP contribution < -0.4 is 0 Å². The number of esters is 1. The second-order valence-electron chi connectivity index (χ2n) is 10.3. The van der Waals surface area contributed by atoms with E-state index < -0.39 is 0 Å². The molecule has 4 aliphatic rings. The Hall–Kier alpha value is -0.790. The van der Waals surface area contributed by atoms with Crippen LogP contribution in [0, 0.1) is 34.0 Å². The van der Waals surface area contributed by atoms with Gasteiger partial charge in [0.2, 0.25) is 0 Å². The molecule has 0 aromatic heterocycles. The molecule has 2 bridgehead atoms. The van der Waals surface area contributed by atoms with Crippen molar-refractivity contribution < 1.29 is 9.53 Å². The van der Waals surface area contributed by atoms with Crippen LogP contribution in [-0.4, -0.2) is 12.1 Å². The highest BCUT2D eigenvalue weighted by Gasteiger charge is 2.67. The van der Waals surface area contributed by atoms with Gasteiger partial charge in [0.15, 0.2) is 0 Å². The van der Waals surface area contributed by atoms with E-state index in [0.29, 0.717) is 10.8 Å². The molecule has 0 unspecified atom stereocenters. The molecule has 4 aliphatic carbocycles. The summed E-state index contributed by atoms with van der Waals surface area (Å²) in [6.45, 7) is 13.4. The second kappa shape index (κ2) is 5.11. The maximum Gasteiger partial charge on any atom is 0.302 e. The molecule has 0 amide bonds. The summed E-state index contributed by atoms with van der Waals surface area (Å²) in [7, 11) is 0. The Kier molecular flexibility index (Phi) is 3.55. The highest BCUT2D eigenvalue weighted by atomic mass is 16.5. The number of rotatable bonds is 1. The van der Waals surface area contributed by atoms with Crippen molar-refractivity contribution in [2.75, 3.05) is 0 Å². The van der Waals surface area contributed by atoms with Crippen molar-refractivity contribution in [3.05, 3.63) is 12.2 Å². The molecule has 24 heavy (non-hydrogen) atoms. The molecule has 2 heteroatoms. The summed E-state index contributed by atoms with van der Waals surface area (Å²) in [6.07, 6.45) is 10.3. The molecule has 4 saturated carbocycles. The fourth-order valence-electron chi connectivity index (χ4n) is 8.06. The first kappa shape index (κ1) is 16.7. The molecule has 134 valence electrons. The Morgan fingerprint density at radius 2 is 1.88 bits per heavy atom. The first-order chi connectivity index (χ1) is 11.2. The molecule has 0 aromatic carbocycles. The Labute approximate surface area is 147 Å². The third kappa shape index (κ3) is 2.10. The van der Waals surface area contributed by atoms with Crippen molar-refractivity contribution in [2.24, 2.45) is 34.0 Å². The highest BCUT2D eigenvalue weighted by Crippen LogP contribution is 2.74. The number of hydrogen-bond donors (Lipinski definition) is 0. The van der Waals surface area contributed by atoms with E-state index in [1.54, 1.807) is 6.92 Å². The van der Waals surface area contributed by atoms with Gasteiger partial charge in [-0.05, 0) is 85.4 Å². The molecule has 0 saturated heterocycles. The third-order valence-corrected chi connectivity index (χ3v) is 8.81. The van der Waals surface area contributed by atoms with E-state index in [1.807, 2.05) is 0 Å². The van der Waals surface area contributed by atoms with Gasteiger partial charge in [0, 0.05) is 6.92 Å². The molecule has 0 N–H and O–H groups in total. The zero-order valence-corrected chi connectivity index (χ0v) is 16.0. The van der Waals surface area contributed by atoms with Crippen LogP contribution in [0.1, 0.15) is 79.1 Å². The van der Waals surface area contributed by atoms with Crippen molar-refractivity contribution in [1.82, 2.24) is 0 Å². The SMILES string of the molecule is C=C1C[C@@H]2CC[C@H]3C(C)(C)C[C@H](OC(C)=O)C[C@]3(C)[C@]23CC[C@H]1C3. The van der Waals surface area contributed by atoms with E-state index in [-0.39, 0.29) is 17.5 Å². The van der Waals surface area contributed by atoms with Crippen molar-refractivity contribution >= 4 is 5.97 Å². The van der Waals surface area contributed by atoms with Gasteiger partial charge >= 0.3 is 5.97 Å². The Balaban J connectivity index is 1.74. The standard InChI is InChI=1S/C22H34O2/c1-14-10-17-6-7-19-20(3,4)12-18(24-15(2)23)13-21(19,5)22(17)9-8-16(14)11-22/h16-19H,1,6-13H2,2-5H3/t16-,17-,18-,19-,21-,22-/m0/s1. The van der Waals surface area contributed by atoms with Gasteiger partial charge in [-0.2, -0.15) is 0 Å². The summed E-state index contributed by atoms with van der Waals surface area (Å²) in [4.78, 5) is 11.6. The smallest absolute Gasteiger partial charge is 0.302 e. The molecule has 6 atom stereocenters. The van der Waals surface area contributed by atoms with Crippen LogP contribution in [0.25, 0.3) is 0 Å². The minimum Gasteiger partial charge on any atom is -0.463 e. The number of allylic oxidation sites excluding steroid dienone is 1. The van der Waals surface area contributed by atoms with E-state index in [4.69, 9.17) is 4.74 Å². The van der Waals surface area contributed by atoms with Crippen molar-refractivity contribution in [3.63, 3.8) is 0 Å². The molecular formula is C22H34O2. The maximum absolute atomic E-state index is 11.6. The number of ether oxygens (including phenoxy) is 1. The molecule has 1 spiro atoms. The maximum atomic E-state index is 11.6. The van der Waals surface area contributed by atoms with Crippen LogP contribution in [0.4, 0.5) is 0 Å². The number of carbonyl (C=O) groups is 1. The number of hydrogen-bond acceptors (Lipinski definition) is 2. The summed E-state index contributed by atoms with van der Waals surface area (Å²) in [5, 5.41) is 0. The summed E-state index contributed by atoms with van der Waals surface area (Å²) in [5.74, 6) is 2.23. The molecule has 0 radical (unpaired) electrons. The van der Waals surface area contributed by atoms with Crippen LogP contribution in [0.3, 0.4) is 0 Å². The summed E-state index contributed by atoms with van der Waals surface area (Å²) >= 11 is 0. The minimum absolute atomic E-state index is 0.107. The first-order valence-electron chi connectivity index (χ1n) is 10.0. The fourth-order valence-corrected chi connectivity index (χ4v) is 8.06. The van der Waals surface area contributed by atoms with Crippen molar-refractivity contribution in [3.8, 4) is 0 Å². The fraction of sp³-hybridized carbons (Fsp3) is 0.864. The predicted molar refractivity (Wildman–Crippen MR) is 96.4 cm³/mol. The topological polar surface area (TPSA) is 26.3 Å². The van der Waals surface area contributed by atoms with Crippen molar-refractivity contribution in [1.29, 1.82) is 0 Å². The zero-order chi connectivity index (χ0) is 17.3. The van der Waals surface area contributed by atoms with Crippen LogP contribution in [0.5, 0.6) is 0 Å². The van der Waals surface area contributed by atoms with E-state index in [0.717, 1.165) is 30.6 Å². The first-order valence-corrected chi connectivity index (χ1v) is 10.0. The van der Waals surface area contributed by atoms with Crippen molar-refractivity contribution in [2.45, 2.75) is 85.2 Å². The summed E-state index contributed by atoms with van der Waals surface area (Å²) < 4.78 is 5.79. The quantitative estimate of drug-likeness (QED) is 0.467. The monoisotopic (exact) mass is 330 g/mol. The van der Waals surface area contributed by atoms with Crippen LogP contribution >= 0.6 is 0 Å². The van der Waals surface area contributed by atoms with Crippen LogP contribution in [0.15, 0.2) is 12.2 Å². The summed E-state index contributed by atoms with van der Waals surface area (Å²) in [5.41, 5.74) is 2.58. The molecule has 0 aromatic rings. The van der Waals surface area contributed by atoms with E-state index in [2.05, 4.69) is 27.4 Å². The number of carbonyl (C=O) groups excluding carboxylic acids is 1. The zero-order valence-electron chi connectivity index (χ0n) is 16.0. The van der Waals surface area contributed by atoms with Gasteiger partial charge in [0.25, 0.3) is 0 Å². The lowest BCUT2D eigenvalue weighted by atomic mass is 9.38. The minimum atomic E-state index is -0.107. The molecule has 0 heterocycles. The Morgan fingerprint density at radius 3 is 2.58 bits per heavy atom. The highest BCUT2D eigenvalue weighted by molar-refractivity contribution is 5.66. The second-order valence-corrected chi connectivity index (χ2v) is 10.3. The third-order valence-electron chi connectivity index (χ3n) is 8.81. The Bertz CT molecular complexity index is 577. The van der Waals surface area contributed by atoms with E-state index in [1.165, 1.54) is 44.1 Å². The molecule has 2 nitrogen and oxygen atoms in total. The van der Waals surface area contributed by atoms with Gasteiger partial charge in [0.1, 0.15) is 6.10 Å². The lowest BCUT2D eigenvalue weighted by Gasteiger charge is -2.67. The average molecular weight is 331 g/mol. The molecular weight excluding hydrogens is 296 g/mol. The van der Waals surface area contributed by atoms with Gasteiger partial charge < -0.3 is 4.74 Å². The van der Waals surface area contributed by atoms with E-state index in [9.17, 15) is 4.79 Å². The van der Waals surface area contributed by atoms with E-state index >= 15 is 0 Å². The van der Waals surface area contributed by atoms with Crippen LogP contribution in [0.2, 0.25) is 0 Å². The van der Waals surface area contributed by atoms with Gasteiger partial charge in [-0.1, -0.05) is 32.9 Å². The predicted octanol–water partition coefficient (Wildman–Crippen LogP) is 5.52. The van der Waals surface area contributed by atoms with Gasteiger partial charge in [0.05, 0.1) is 0 Å². The average Bonchev–Trinajstić information content (AvgIpc) is 2.83. The molecule has 4 rings (SSSR count). The van der Waals surface area contributed by atoms with Gasteiger partial charge in [-0.3, -0.25) is 4.79 Å². The normalized spacial score (nSPS) is 49.2. The van der Waals surface area contributed by atoms with Gasteiger partial charge in [-0.25, -0.2) is 0 Å². The lowest BCUT2D eigenvalue weighted by molar-refractivity contribution is -0.199. The number of fused-ring (bicyclic) bond motifs is 2. The summed E-state index contributed by atoms with van der Waals surface area (Å²) in [6, 6.07) is 0.